The molecule has 2 heterocycles. The average Bonchev–Trinajstić information content (AvgIpc) is 3.55. The summed E-state index contributed by atoms with van der Waals surface area (Å²) in [7, 11) is 0. The van der Waals surface area contributed by atoms with Crippen molar-refractivity contribution in [3.05, 3.63) is 71.8 Å². The zero-order chi connectivity index (χ0) is 29.2. The lowest BCUT2D eigenvalue weighted by molar-refractivity contribution is 0.0271. The molecule has 0 bridgehead atoms. The zero-order valence-electron chi connectivity index (χ0n) is 24.0. The Morgan fingerprint density at radius 2 is 1.98 bits per heavy atom. The van der Waals surface area contributed by atoms with Gasteiger partial charge in [0.15, 0.2) is 5.82 Å². The maximum atomic E-state index is 16.2. The number of aromatic nitrogens is 5. The number of para-hydroxylation sites is 1. The number of rotatable bonds is 12. The Labute approximate surface area is 243 Å². The number of carbonyl (C=O) groups excluding carboxylic acids is 1. The summed E-state index contributed by atoms with van der Waals surface area (Å²) < 4.78 is 19.8. The number of anilines is 2. The van der Waals surface area contributed by atoms with Crippen molar-refractivity contribution in [2.75, 3.05) is 18.5 Å². The van der Waals surface area contributed by atoms with E-state index in [9.17, 15) is 4.79 Å². The van der Waals surface area contributed by atoms with Crippen molar-refractivity contribution in [2.45, 2.75) is 52.6 Å². The van der Waals surface area contributed by atoms with Crippen LogP contribution in [-0.2, 0) is 11.4 Å². The standard InChI is InChI=1S/C31H35FN8O2/c1-19(2)33-13-6-14-39-18-34-30-27(39)16-23(31(41)37-42-17-21-9-10-21)29(28(30)32)35-24-12-11-22(15-20(24)3)40-26-8-5-4-7-25(26)36-38-40/h4-5,7-8,11-12,15-16,18-19,21,33,35H,6,9-10,13-14,17H2,1-3H3,(H,37,41). The van der Waals surface area contributed by atoms with Crippen LogP contribution in [0.25, 0.3) is 27.8 Å². The highest BCUT2D eigenvalue weighted by Gasteiger charge is 2.25. The van der Waals surface area contributed by atoms with E-state index in [1.165, 1.54) is 0 Å². The molecule has 3 aromatic carbocycles. The van der Waals surface area contributed by atoms with Crippen molar-refractivity contribution in [3.63, 3.8) is 0 Å². The smallest absolute Gasteiger partial charge is 0.277 e. The highest BCUT2D eigenvalue weighted by molar-refractivity contribution is 6.04. The number of aryl methyl sites for hydroxylation is 2. The lowest BCUT2D eigenvalue weighted by Crippen LogP contribution is -2.26. The van der Waals surface area contributed by atoms with Gasteiger partial charge in [0.1, 0.15) is 11.0 Å². The molecule has 42 heavy (non-hydrogen) atoms. The number of carbonyl (C=O) groups is 1. The summed E-state index contributed by atoms with van der Waals surface area (Å²) in [6, 6.07) is 15.5. The Morgan fingerprint density at radius 1 is 1.14 bits per heavy atom. The van der Waals surface area contributed by atoms with E-state index in [1.54, 1.807) is 17.1 Å². The predicted octanol–water partition coefficient (Wildman–Crippen LogP) is 5.42. The Bertz CT molecular complexity index is 1740. The second kappa shape index (κ2) is 11.9. The molecule has 1 aliphatic carbocycles. The van der Waals surface area contributed by atoms with Gasteiger partial charge in [0.25, 0.3) is 5.91 Å². The van der Waals surface area contributed by atoms with Crippen LogP contribution in [0.15, 0.2) is 54.9 Å². The second-order valence-electron chi connectivity index (χ2n) is 11.2. The van der Waals surface area contributed by atoms with Gasteiger partial charge in [-0.15, -0.1) is 5.10 Å². The zero-order valence-corrected chi connectivity index (χ0v) is 24.0. The number of halogens is 1. The molecule has 0 aliphatic heterocycles. The van der Waals surface area contributed by atoms with Gasteiger partial charge in [-0.3, -0.25) is 9.63 Å². The maximum Gasteiger partial charge on any atom is 0.277 e. The molecule has 218 valence electrons. The van der Waals surface area contributed by atoms with Crippen LogP contribution in [0.1, 0.15) is 49.0 Å². The third-order valence-corrected chi connectivity index (χ3v) is 7.48. The number of imidazole rings is 1. The summed E-state index contributed by atoms with van der Waals surface area (Å²) >= 11 is 0. The first-order valence-corrected chi connectivity index (χ1v) is 14.4. The number of hydrogen-bond acceptors (Lipinski definition) is 7. The quantitative estimate of drug-likeness (QED) is 0.136. The van der Waals surface area contributed by atoms with Crippen LogP contribution < -0.4 is 16.1 Å². The van der Waals surface area contributed by atoms with E-state index >= 15 is 4.39 Å². The minimum absolute atomic E-state index is 0.0452. The number of nitrogens with one attached hydrogen (secondary N) is 3. The first-order valence-electron chi connectivity index (χ1n) is 14.4. The van der Waals surface area contributed by atoms with Gasteiger partial charge in [0.2, 0.25) is 0 Å². The Hall–Kier alpha value is -4.35. The van der Waals surface area contributed by atoms with Gasteiger partial charge < -0.3 is 15.2 Å². The molecule has 0 saturated heterocycles. The molecule has 0 unspecified atom stereocenters. The van der Waals surface area contributed by atoms with Crippen molar-refractivity contribution < 1.29 is 14.0 Å². The van der Waals surface area contributed by atoms with Crippen molar-refractivity contribution in [1.82, 2.24) is 35.3 Å². The highest BCUT2D eigenvalue weighted by atomic mass is 19.1. The Kier molecular flexibility index (Phi) is 7.86. The average molecular weight is 571 g/mol. The van der Waals surface area contributed by atoms with E-state index in [2.05, 4.69) is 45.3 Å². The van der Waals surface area contributed by atoms with Crippen LogP contribution in [0.2, 0.25) is 0 Å². The molecule has 1 amide bonds. The van der Waals surface area contributed by atoms with Crippen molar-refractivity contribution in [1.29, 1.82) is 0 Å². The molecule has 6 rings (SSSR count). The van der Waals surface area contributed by atoms with E-state index in [0.717, 1.165) is 48.1 Å². The highest BCUT2D eigenvalue weighted by Crippen LogP contribution is 2.33. The molecule has 5 aromatic rings. The van der Waals surface area contributed by atoms with Gasteiger partial charge in [-0.05, 0) is 80.6 Å². The first-order chi connectivity index (χ1) is 20.4. The van der Waals surface area contributed by atoms with E-state index < -0.39 is 11.7 Å². The molecular formula is C31H35FN8O2. The van der Waals surface area contributed by atoms with E-state index in [-0.39, 0.29) is 16.8 Å². The lowest BCUT2D eigenvalue weighted by Gasteiger charge is -2.17. The summed E-state index contributed by atoms with van der Waals surface area (Å²) in [5.41, 5.74) is 7.45. The summed E-state index contributed by atoms with van der Waals surface area (Å²) in [6.07, 6.45) is 4.64. The summed E-state index contributed by atoms with van der Waals surface area (Å²) in [6.45, 7) is 8.01. The van der Waals surface area contributed by atoms with Gasteiger partial charge in [-0.25, -0.2) is 19.5 Å². The molecule has 0 spiro atoms. The Balaban J connectivity index is 1.31. The van der Waals surface area contributed by atoms with E-state index in [1.807, 2.05) is 54.0 Å². The molecule has 10 nitrogen and oxygen atoms in total. The van der Waals surface area contributed by atoms with Crippen LogP contribution in [0.3, 0.4) is 0 Å². The molecule has 11 heteroatoms. The van der Waals surface area contributed by atoms with Gasteiger partial charge in [0, 0.05) is 18.3 Å². The van der Waals surface area contributed by atoms with Gasteiger partial charge >= 0.3 is 0 Å². The van der Waals surface area contributed by atoms with Crippen LogP contribution in [0, 0.1) is 18.7 Å². The minimum Gasteiger partial charge on any atom is -0.352 e. The van der Waals surface area contributed by atoms with Crippen LogP contribution >= 0.6 is 0 Å². The van der Waals surface area contributed by atoms with Gasteiger partial charge in [-0.2, -0.15) is 0 Å². The molecule has 1 fully saturated rings. The molecule has 0 atom stereocenters. The first kappa shape index (κ1) is 27.8. The Morgan fingerprint density at radius 3 is 2.76 bits per heavy atom. The van der Waals surface area contributed by atoms with Crippen LogP contribution in [-0.4, -0.2) is 49.6 Å². The fourth-order valence-corrected chi connectivity index (χ4v) is 4.96. The number of hydrogen-bond donors (Lipinski definition) is 3. The van der Waals surface area contributed by atoms with Gasteiger partial charge in [-0.1, -0.05) is 31.2 Å². The fraction of sp³-hybridized carbons (Fsp3) is 0.355. The topological polar surface area (TPSA) is 111 Å². The van der Waals surface area contributed by atoms with Crippen molar-refractivity contribution >= 4 is 39.3 Å². The second-order valence-corrected chi connectivity index (χ2v) is 11.2. The number of fused-ring (bicyclic) bond motifs is 2. The number of benzene rings is 3. The maximum absolute atomic E-state index is 16.2. The lowest BCUT2D eigenvalue weighted by atomic mass is 10.1. The summed E-state index contributed by atoms with van der Waals surface area (Å²) in [4.78, 5) is 23.2. The van der Waals surface area contributed by atoms with Crippen molar-refractivity contribution in [2.24, 2.45) is 5.92 Å². The summed E-state index contributed by atoms with van der Waals surface area (Å²) in [5.74, 6) is -0.646. The molecule has 1 aliphatic rings. The minimum atomic E-state index is -0.593. The fourth-order valence-electron chi connectivity index (χ4n) is 4.96. The number of nitrogens with zero attached hydrogens (tertiary/aromatic N) is 5. The molecule has 0 radical (unpaired) electrons. The number of hydroxylamine groups is 1. The predicted molar refractivity (Wildman–Crippen MR) is 160 cm³/mol. The molecular weight excluding hydrogens is 535 g/mol. The van der Waals surface area contributed by atoms with Crippen LogP contribution in [0.4, 0.5) is 15.8 Å². The number of amides is 1. The monoisotopic (exact) mass is 570 g/mol. The molecule has 1 saturated carbocycles. The third-order valence-electron chi connectivity index (χ3n) is 7.48. The third kappa shape index (κ3) is 5.83. The SMILES string of the molecule is Cc1cc(-n2nnc3ccccc32)ccc1Nc1c(C(=O)NOCC2CC2)cc2c(ncn2CCCNC(C)C)c1F. The van der Waals surface area contributed by atoms with Crippen molar-refractivity contribution in [3.8, 4) is 5.69 Å². The largest absolute Gasteiger partial charge is 0.352 e. The van der Waals surface area contributed by atoms with E-state index in [0.29, 0.717) is 36.3 Å². The van der Waals surface area contributed by atoms with Crippen LogP contribution in [0.5, 0.6) is 0 Å². The summed E-state index contributed by atoms with van der Waals surface area (Å²) in [5, 5.41) is 15.1. The normalized spacial score (nSPS) is 13.4. The molecule has 2 aromatic heterocycles. The van der Waals surface area contributed by atoms with E-state index in [4.69, 9.17) is 4.84 Å². The van der Waals surface area contributed by atoms with Gasteiger partial charge in [0.05, 0.1) is 40.9 Å². The molecule has 3 N–H and O–H groups in total.